The molecule has 0 atom stereocenters. The van der Waals surface area contributed by atoms with Crippen molar-refractivity contribution in [3.05, 3.63) is 24.3 Å². The molecule has 0 saturated carbocycles. The van der Waals surface area contributed by atoms with Crippen LogP contribution in [0.3, 0.4) is 0 Å². The summed E-state index contributed by atoms with van der Waals surface area (Å²) in [5.74, 6) is 0. The Morgan fingerprint density at radius 3 is 2.88 bits per heavy atom. The SMILES string of the molecule is C=CC1=CCCON(C(=O)OC(C)(C)C)C1. The van der Waals surface area contributed by atoms with Gasteiger partial charge in [0.2, 0.25) is 0 Å². The molecule has 4 nitrogen and oxygen atoms in total. The van der Waals surface area contributed by atoms with Crippen molar-refractivity contribution < 1.29 is 14.4 Å². The minimum absolute atomic E-state index is 0.387. The van der Waals surface area contributed by atoms with Crippen LogP contribution in [0.1, 0.15) is 27.2 Å². The fourth-order valence-electron chi connectivity index (χ4n) is 1.26. The molecule has 0 saturated heterocycles. The van der Waals surface area contributed by atoms with Crippen LogP contribution in [-0.4, -0.2) is 29.9 Å². The second-order valence-corrected chi connectivity index (χ2v) is 4.62. The molecule has 0 bridgehead atoms. The average molecular weight is 225 g/mol. The van der Waals surface area contributed by atoms with Crippen molar-refractivity contribution in [1.29, 1.82) is 0 Å². The van der Waals surface area contributed by atoms with Gasteiger partial charge in [0.05, 0.1) is 13.2 Å². The predicted octanol–water partition coefficient (Wildman–Crippen LogP) is 2.67. The van der Waals surface area contributed by atoms with Gasteiger partial charge in [-0.05, 0) is 32.8 Å². The molecule has 0 aromatic rings. The van der Waals surface area contributed by atoms with Gasteiger partial charge in [-0.25, -0.2) is 4.79 Å². The smallest absolute Gasteiger partial charge is 0.434 e. The maximum absolute atomic E-state index is 11.7. The largest absolute Gasteiger partial charge is 0.442 e. The standard InChI is InChI=1S/C12H19NO3/c1-5-10-7-6-8-15-13(9-10)11(14)16-12(2,3)4/h5,7H,1,6,8-9H2,2-4H3. The second kappa shape index (κ2) is 5.16. The summed E-state index contributed by atoms with van der Waals surface area (Å²) in [6.45, 7) is 10.0. The van der Waals surface area contributed by atoms with Crippen LogP contribution in [0, 0.1) is 0 Å². The van der Waals surface area contributed by atoms with Crippen molar-refractivity contribution in [1.82, 2.24) is 5.06 Å². The fraction of sp³-hybridized carbons (Fsp3) is 0.583. The van der Waals surface area contributed by atoms with Crippen LogP contribution in [0.15, 0.2) is 24.3 Å². The Morgan fingerprint density at radius 2 is 2.31 bits per heavy atom. The average Bonchev–Trinajstić information content (AvgIpc) is 2.39. The summed E-state index contributed by atoms with van der Waals surface area (Å²) in [6, 6.07) is 0. The van der Waals surface area contributed by atoms with Crippen LogP contribution in [0.4, 0.5) is 4.79 Å². The van der Waals surface area contributed by atoms with E-state index in [1.165, 1.54) is 5.06 Å². The van der Waals surface area contributed by atoms with Gasteiger partial charge in [0.25, 0.3) is 0 Å². The topological polar surface area (TPSA) is 38.8 Å². The molecule has 0 radical (unpaired) electrons. The van der Waals surface area contributed by atoms with E-state index in [2.05, 4.69) is 6.58 Å². The molecule has 1 rings (SSSR count). The van der Waals surface area contributed by atoms with Crippen molar-refractivity contribution in [3.63, 3.8) is 0 Å². The molecule has 90 valence electrons. The molecule has 1 aliphatic heterocycles. The summed E-state index contributed by atoms with van der Waals surface area (Å²) in [7, 11) is 0. The lowest BCUT2D eigenvalue weighted by atomic mass is 10.2. The first-order valence-corrected chi connectivity index (χ1v) is 5.37. The molecule has 4 heteroatoms. The summed E-state index contributed by atoms with van der Waals surface area (Å²) in [5.41, 5.74) is 0.466. The summed E-state index contributed by atoms with van der Waals surface area (Å²) in [4.78, 5) is 17.0. The third-order valence-electron chi connectivity index (χ3n) is 1.96. The number of hydroxylamine groups is 2. The Bertz CT molecular complexity index is 302. The van der Waals surface area contributed by atoms with Gasteiger partial charge in [0.1, 0.15) is 5.60 Å². The second-order valence-electron chi connectivity index (χ2n) is 4.62. The quantitative estimate of drug-likeness (QED) is 0.688. The molecule has 1 heterocycles. The maximum Gasteiger partial charge on any atom is 0.434 e. The normalized spacial score (nSPS) is 17.4. The number of hydrogen-bond acceptors (Lipinski definition) is 3. The van der Waals surface area contributed by atoms with Crippen molar-refractivity contribution in [2.45, 2.75) is 32.8 Å². The van der Waals surface area contributed by atoms with E-state index in [9.17, 15) is 4.79 Å². The van der Waals surface area contributed by atoms with Crippen molar-refractivity contribution >= 4 is 6.09 Å². The monoisotopic (exact) mass is 225 g/mol. The van der Waals surface area contributed by atoms with E-state index in [0.717, 1.165) is 12.0 Å². The number of nitrogens with zero attached hydrogens (tertiary/aromatic N) is 1. The third kappa shape index (κ3) is 4.06. The highest BCUT2D eigenvalue weighted by atomic mass is 16.7. The Labute approximate surface area is 96.5 Å². The number of rotatable bonds is 1. The van der Waals surface area contributed by atoms with Gasteiger partial charge in [-0.15, -0.1) is 0 Å². The van der Waals surface area contributed by atoms with Gasteiger partial charge in [0, 0.05) is 0 Å². The van der Waals surface area contributed by atoms with E-state index in [-0.39, 0.29) is 0 Å². The predicted molar refractivity (Wildman–Crippen MR) is 61.8 cm³/mol. The molecule has 0 N–H and O–H groups in total. The van der Waals surface area contributed by atoms with Crippen LogP contribution in [-0.2, 0) is 9.57 Å². The van der Waals surface area contributed by atoms with Gasteiger partial charge in [0.15, 0.2) is 0 Å². The Morgan fingerprint density at radius 1 is 1.62 bits per heavy atom. The zero-order valence-electron chi connectivity index (χ0n) is 10.2. The highest BCUT2D eigenvalue weighted by Gasteiger charge is 2.24. The molecule has 0 aromatic carbocycles. The zero-order chi connectivity index (χ0) is 12.2. The zero-order valence-corrected chi connectivity index (χ0v) is 10.2. The van der Waals surface area contributed by atoms with Crippen LogP contribution in [0.2, 0.25) is 0 Å². The van der Waals surface area contributed by atoms with Crippen LogP contribution in [0.25, 0.3) is 0 Å². The Balaban J connectivity index is 2.62. The van der Waals surface area contributed by atoms with E-state index in [1.807, 2.05) is 26.8 Å². The molecular weight excluding hydrogens is 206 g/mol. The molecule has 1 aliphatic rings. The molecule has 0 aliphatic carbocycles. The molecular formula is C12H19NO3. The maximum atomic E-state index is 11.7. The number of carbonyl (C=O) groups is 1. The number of ether oxygens (including phenoxy) is 1. The molecule has 16 heavy (non-hydrogen) atoms. The third-order valence-corrected chi connectivity index (χ3v) is 1.96. The minimum Gasteiger partial charge on any atom is -0.442 e. The molecule has 0 unspecified atom stereocenters. The van der Waals surface area contributed by atoms with Gasteiger partial charge < -0.3 is 4.74 Å². The van der Waals surface area contributed by atoms with Crippen molar-refractivity contribution in [2.24, 2.45) is 0 Å². The van der Waals surface area contributed by atoms with Crippen LogP contribution < -0.4 is 0 Å². The van der Waals surface area contributed by atoms with Crippen LogP contribution in [0.5, 0.6) is 0 Å². The summed E-state index contributed by atoms with van der Waals surface area (Å²) in [5, 5.41) is 1.24. The molecule has 0 aromatic heterocycles. The summed E-state index contributed by atoms with van der Waals surface area (Å²) < 4.78 is 5.23. The summed E-state index contributed by atoms with van der Waals surface area (Å²) in [6.07, 6.45) is 4.06. The first-order chi connectivity index (χ1) is 7.42. The van der Waals surface area contributed by atoms with Crippen LogP contribution >= 0.6 is 0 Å². The van der Waals surface area contributed by atoms with Crippen molar-refractivity contribution in [2.75, 3.05) is 13.2 Å². The minimum atomic E-state index is -0.509. The number of hydrogen-bond donors (Lipinski definition) is 0. The summed E-state index contributed by atoms with van der Waals surface area (Å²) >= 11 is 0. The highest BCUT2D eigenvalue weighted by molar-refractivity contribution is 5.67. The van der Waals surface area contributed by atoms with Gasteiger partial charge >= 0.3 is 6.09 Å². The first kappa shape index (κ1) is 12.8. The van der Waals surface area contributed by atoms with E-state index in [1.54, 1.807) is 6.08 Å². The number of carbonyl (C=O) groups excluding carboxylic acids is 1. The molecule has 1 amide bonds. The Kier molecular flexibility index (Phi) is 4.12. The van der Waals surface area contributed by atoms with Gasteiger partial charge in [-0.1, -0.05) is 18.7 Å². The lowest BCUT2D eigenvalue weighted by Gasteiger charge is -2.25. The lowest BCUT2D eigenvalue weighted by Crippen LogP contribution is -2.37. The first-order valence-electron chi connectivity index (χ1n) is 5.37. The number of amides is 1. The van der Waals surface area contributed by atoms with E-state index in [4.69, 9.17) is 9.57 Å². The fourth-order valence-corrected chi connectivity index (χ4v) is 1.26. The lowest BCUT2D eigenvalue weighted by molar-refractivity contribution is -0.138. The highest BCUT2D eigenvalue weighted by Crippen LogP contribution is 2.14. The van der Waals surface area contributed by atoms with Gasteiger partial charge in [-0.2, -0.15) is 5.06 Å². The van der Waals surface area contributed by atoms with Gasteiger partial charge in [-0.3, -0.25) is 4.84 Å². The van der Waals surface area contributed by atoms with Crippen molar-refractivity contribution in [3.8, 4) is 0 Å². The molecule has 0 spiro atoms. The van der Waals surface area contributed by atoms with E-state index >= 15 is 0 Å². The van der Waals surface area contributed by atoms with E-state index in [0.29, 0.717) is 13.2 Å². The van der Waals surface area contributed by atoms with E-state index < -0.39 is 11.7 Å². The molecule has 0 fully saturated rings. The Hall–Kier alpha value is -1.29.